The molecule has 4 heteroatoms. The van der Waals surface area contributed by atoms with E-state index in [-0.39, 0.29) is 23.9 Å². The van der Waals surface area contributed by atoms with Crippen molar-refractivity contribution in [3.8, 4) is 5.75 Å². The summed E-state index contributed by atoms with van der Waals surface area (Å²) in [4.78, 5) is 13.2. The van der Waals surface area contributed by atoms with Crippen molar-refractivity contribution in [1.29, 1.82) is 0 Å². The van der Waals surface area contributed by atoms with Crippen LogP contribution < -0.4 is 4.74 Å². The highest BCUT2D eigenvalue weighted by Crippen LogP contribution is 2.42. The number of hydrogen-bond donors (Lipinski definition) is 1. The quantitative estimate of drug-likeness (QED) is 0.412. The van der Waals surface area contributed by atoms with E-state index >= 15 is 0 Å². The summed E-state index contributed by atoms with van der Waals surface area (Å²) in [5.74, 6) is -0.0859. The molecule has 1 atom stereocenters. The Labute approximate surface area is 195 Å². The molecule has 1 heterocycles. The molecule has 0 bridgehead atoms. The third-order valence-corrected chi connectivity index (χ3v) is 6.15. The van der Waals surface area contributed by atoms with E-state index in [1.807, 2.05) is 73.7 Å². The third-order valence-electron chi connectivity index (χ3n) is 6.15. The van der Waals surface area contributed by atoms with Gasteiger partial charge in [0.25, 0.3) is 0 Å². The van der Waals surface area contributed by atoms with Crippen LogP contribution in [0.4, 0.5) is 0 Å². The number of cyclic esters (lactones) is 1. The average Bonchev–Trinajstić information content (AvgIpc) is 2.81. The van der Waals surface area contributed by atoms with E-state index in [9.17, 15) is 9.90 Å². The first kappa shape index (κ1) is 22.7. The van der Waals surface area contributed by atoms with Crippen molar-refractivity contribution in [2.45, 2.75) is 51.6 Å². The number of ether oxygens (including phenoxy) is 2. The Morgan fingerprint density at radius 3 is 2.30 bits per heavy atom. The molecule has 3 aromatic rings. The van der Waals surface area contributed by atoms with Crippen molar-refractivity contribution >= 4 is 5.97 Å². The van der Waals surface area contributed by atoms with Crippen LogP contribution in [0.5, 0.6) is 5.75 Å². The summed E-state index contributed by atoms with van der Waals surface area (Å²) < 4.78 is 12.1. The molecular formula is C29H30O4. The van der Waals surface area contributed by atoms with E-state index in [1.165, 1.54) is 0 Å². The first-order valence-corrected chi connectivity index (χ1v) is 11.4. The highest BCUT2D eigenvalue weighted by atomic mass is 16.6. The van der Waals surface area contributed by atoms with Crippen LogP contribution in [0.25, 0.3) is 0 Å². The number of aliphatic hydroxyl groups excluding tert-OH is 1. The molecule has 170 valence electrons. The monoisotopic (exact) mass is 442 g/mol. The first-order chi connectivity index (χ1) is 15.9. The molecule has 4 rings (SSSR count). The molecule has 1 unspecified atom stereocenters. The van der Waals surface area contributed by atoms with E-state index in [0.29, 0.717) is 18.6 Å². The number of carbonyl (C=O) groups is 1. The summed E-state index contributed by atoms with van der Waals surface area (Å²) in [7, 11) is 0. The topological polar surface area (TPSA) is 55.8 Å². The van der Waals surface area contributed by atoms with Gasteiger partial charge in [0, 0.05) is 0 Å². The van der Waals surface area contributed by atoms with Gasteiger partial charge in [0.1, 0.15) is 17.1 Å². The molecule has 0 saturated carbocycles. The Bertz CT molecular complexity index is 1150. The fourth-order valence-corrected chi connectivity index (χ4v) is 4.32. The van der Waals surface area contributed by atoms with E-state index < -0.39 is 11.6 Å². The maximum Gasteiger partial charge on any atom is 0.378 e. The maximum absolute atomic E-state index is 13.2. The van der Waals surface area contributed by atoms with Gasteiger partial charge in [-0.15, -0.1) is 0 Å². The Morgan fingerprint density at radius 1 is 1.00 bits per heavy atom. The lowest BCUT2D eigenvalue weighted by Gasteiger charge is -2.37. The van der Waals surface area contributed by atoms with Crippen molar-refractivity contribution in [3.63, 3.8) is 0 Å². The van der Waals surface area contributed by atoms with Crippen molar-refractivity contribution in [1.82, 2.24) is 0 Å². The summed E-state index contributed by atoms with van der Waals surface area (Å²) in [6.45, 7) is 6.10. The standard InChI is InChI=1S/C29H30O4/c1-20(2)24-15-14-21(3)18-26(24)32-27-25(30)19-29(33-28(27)31,23-12-8-5-9-13-23)17-16-22-10-6-4-7-11-22/h4-15,18,20,30H,16-17,19H2,1-3H3. The second-order valence-electron chi connectivity index (χ2n) is 8.99. The number of rotatable bonds is 7. The van der Waals surface area contributed by atoms with Gasteiger partial charge in [0.2, 0.25) is 5.76 Å². The number of aliphatic hydroxyl groups is 1. The number of hydrogen-bond acceptors (Lipinski definition) is 4. The first-order valence-electron chi connectivity index (χ1n) is 11.4. The van der Waals surface area contributed by atoms with Crippen molar-refractivity contribution in [2.24, 2.45) is 0 Å². The van der Waals surface area contributed by atoms with Crippen LogP contribution in [-0.4, -0.2) is 11.1 Å². The zero-order valence-electron chi connectivity index (χ0n) is 19.4. The lowest BCUT2D eigenvalue weighted by molar-refractivity contribution is -0.165. The van der Waals surface area contributed by atoms with Crippen LogP contribution in [0.3, 0.4) is 0 Å². The number of carbonyl (C=O) groups excluding carboxylic acids is 1. The molecule has 0 amide bonds. The zero-order chi connectivity index (χ0) is 23.4. The fourth-order valence-electron chi connectivity index (χ4n) is 4.32. The predicted molar refractivity (Wildman–Crippen MR) is 129 cm³/mol. The lowest BCUT2D eigenvalue weighted by Crippen LogP contribution is -2.39. The summed E-state index contributed by atoms with van der Waals surface area (Å²) in [6, 6.07) is 25.6. The van der Waals surface area contributed by atoms with Gasteiger partial charge in [-0.25, -0.2) is 4.79 Å². The Kier molecular flexibility index (Phi) is 6.55. The molecule has 0 saturated heterocycles. The molecule has 33 heavy (non-hydrogen) atoms. The second-order valence-corrected chi connectivity index (χ2v) is 8.99. The van der Waals surface area contributed by atoms with Crippen molar-refractivity contribution < 1.29 is 19.4 Å². The number of aryl methyl sites for hydroxylation is 2. The number of benzene rings is 3. The largest absolute Gasteiger partial charge is 0.508 e. The summed E-state index contributed by atoms with van der Waals surface area (Å²) >= 11 is 0. The summed E-state index contributed by atoms with van der Waals surface area (Å²) in [6.07, 6.45) is 1.42. The number of esters is 1. The molecule has 0 radical (unpaired) electrons. The molecule has 4 nitrogen and oxygen atoms in total. The molecule has 1 N–H and O–H groups in total. The van der Waals surface area contributed by atoms with Crippen LogP contribution in [0.2, 0.25) is 0 Å². The summed E-state index contributed by atoms with van der Waals surface area (Å²) in [5, 5.41) is 11.0. The van der Waals surface area contributed by atoms with E-state index in [0.717, 1.165) is 22.3 Å². The van der Waals surface area contributed by atoms with Gasteiger partial charge in [-0.2, -0.15) is 0 Å². The third kappa shape index (κ3) is 4.95. The molecule has 0 spiro atoms. The lowest BCUT2D eigenvalue weighted by atomic mass is 9.82. The Hall–Kier alpha value is -3.53. The molecule has 0 aliphatic carbocycles. The van der Waals surface area contributed by atoms with Crippen LogP contribution >= 0.6 is 0 Å². The fraction of sp³-hybridized carbons (Fsp3) is 0.276. The minimum Gasteiger partial charge on any atom is -0.508 e. The highest BCUT2D eigenvalue weighted by molar-refractivity contribution is 5.89. The van der Waals surface area contributed by atoms with Crippen LogP contribution in [0.15, 0.2) is 90.4 Å². The van der Waals surface area contributed by atoms with Crippen LogP contribution in [0, 0.1) is 6.92 Å². The molecule has 1 aliphatic rings. The van der Waals surface area contributed by atoms with Crippen LogP contribution in [0.1, 0.15) is 54.9 Å². The molecule has 1 aliphatic heterocycles. The normalized spacial score (nSPS) is 18.4. The summed E-state index contributed by atoms with van der Waals surface area (Å²) in [5.41, 5.74) is 3.03. The van der Waals surface area contributed by atoms with Crippen molar-refractivity contribution in [2.75, 3.05) is 0 Å². The predicted octanol–water partition coefficient (Wildman–Crippen LogP) is 6.74. The van der Waals surface area contributed by atoms with Gasteiger partial charge < -0.3 is 14.6 Å². The molecule has 0 fully saturated rings. The SMILES string of the molecule is Cc1ccc(C(C)C)c(OC2=C(O)CC(CCc3ccccc3)(c3ccccc3)OC2=O)c1. The van der Waals surface area contributed by atoms with E-state index in [4.69, 9.17) is 9.47 Å². The maximum atomic E-state index is 13.2. The van der Waals surface area contributed by atoms with Gasteiger partial charge in [0.05, 0.1) is 6.42 Å². The Morgan fingerprint density at radius 2 is 1.67 bits per heavy atom. The van der Waals surface area contributed by atoms with Gasteiger partial charge in [-0.05, 0) is 54.0 Å². The minimum absolute atomic E-state index is 0.0839. The van der Waals surface area contributed by atoms with Crippen molar-refractivity contribution in [3.05, 3.63) is 113 Å². The average molecular weight is 443 g/mol. The van der Waals surface area contributed by atoms with Gasteiger partial charge in [0.15, 0.2) is 0 Å². The highest BCUT2D eigenvalue weighted by Gasteiger charge is 2.44. The molecule has 0 aromatic heterocycles. The zero-order valence-corrected chi connectivity index (χ0v) is 19.4. The minimum atomic E-state index is -0.960. The van der Waals surface area contributed by atoms with Crippen LogP contribution in [-0.2, 0) is 21.6 Å². The Balaban J connectivity index is 1.67. The van der Waals surface area contributed by atoms with Gasteiger partial charge in [-0.1, -0.05) is 86.6 Å². The van der Waals surface area contributed by atoms with E-state index in [1.54, 1.807) is 0 Å². The van der Waals surface area contributed by atoms with E-state index in [2.05, 4.69) is 26.0 Å². The smallest absolute Gasteiger partial charge is 0.378 e. The molecular weight excluding hydrogens is 412 g/mol. The second kappa shape index (κ2) is 9.53. The van der Waals surface area contributed by atoms with Gasteiger partial charge in [-0.3, -0.25) is 0 Å². The van der Waals surface area contributed by atoms with Gasteiger partial charge >= 0.3 is 5.97 Å². The molecule has 3 aromatic carbocycles.